The number of nitrogens with two attached hydrogens (primary N) is 1. The highest BCUT2D eigenvalue weighted by molar-refractivity contribution is 8.00. The minimum absolute atomic E-state index is 0.204. The molecule has 2 N–H and O–H groups in total. The lowest BCUT2D eigenvalue weighted by Crippen LogP contribution is -2.21. The van der Waals surface area contributed by atoms with Gasteiger partial charge in [0, 0.05) is 16.0 Å². The first-order chi connectivity index (χ1) is 7.86. The Labute approximate surface area is 104 Å². The summed E-state index contributed by atoms with van der Waals surface area (Å²) >= 11 is 3.85. The first-order valence-electron chi connectivity index (χ1n) is 5.69. The zero-order valence-corrected chi connectivity index (χ0v) is 10.7. The van der Waals surface area contributed by atoms with E-state index in [4.69, 9.17) is 5.73 Å². The molecule has 1 aliphatic heterocycles. The highest BCUT2D eigenvalue weighted by Crippen LogP contribution is 2.38. The Morgan fingerprint density at radius 1 is 1.31 bits per heavy atom. The summed E-state index contributed by atoms with van der Waals surface area (Å²) in [7, 11) is 0. The molecule has 0 amide bonds. The molecular weight excluding hydrogens is 234 g/mol. The molecule has 2 unspecified atom stereocenters. The van der Waals surface area contributed by atoms with E-state index in [9.17, 15) is 0 Å². The van der Waals surface area contributed by atoms with E-state index >= 15 is 0 Å². The van der Waals surface area contributed by atoms with Crippen molar-refractivity contribution in [3.05, 3.63) is 35.2 Å². The Morgan fingerprint density at radius 3 is 3.06 bits per heavy atom. The largest absolute Gasteiger partial charge is 0.323 e. The summed E-state index contributed by atoms with van der Waals surface area (Å²) in [6.07, 6.45) is 2.59. The maximum atomic E-state index is 6.41. The van der Waals surface area contributed by atoms with Crippen LogP contribution in [0.2, 0.25) is 0 Å². The summed E-state index contributed by atoms with van der Waals surface area (Å²) in [5, 5.41) is 4.11. The fourth-order valence-electron chi connectivity index (χ4n) is 2.36. The van der Waals surface area contributed by atoms with Crippen LogP contribution >= 0.6 is 23.1 Å². The second-order valence-corrected chi connectivity index (χ2v) is 6.53. The topological polar surface area (TPSA) is 26.0 Å². The molecule has 1 aromatic heterocycles. The van der Waals surface area contributed by atoms with Gasteiger partial charge in [0.2, 0.25) is 0 Å². The van der Waals surface area contributed by atoms with Crippen LogP contribution in [0.15, 0.2) is 29.6 Å². The predicted octanol–water partition coefficient (Wildman–Crippen LogP) is 3.80. The summed E-state index contributed by atoms with van der Waals surface area (Å²) in [4.78, 5) is 0. The van der Waals surface area contributed by atoms with Gasteiger partial charge in [-0.25, -0.2) is 0 Å². The summed E-state index contributed by atoms with van der Waals surface area (Å²) in [6.45, 7) is 0. The van der Waals surface area contributed by atoms with Gasteiger partial charge in [-0.05, 0) is 41.0 Å². The molecule has 1 fully saturated rings. The minimum atomic E-state index is 0.204. The van der Waals surface area contributed by atoms with Gasteiger partial charge in [-0.2, -0.15) is 11.8 Å². The van der Waals surface area contributed by atoms with E-state index in [1.54, 1.807) is 0 Å². The fraction of sp³-hybridized carbons (Fsp3) is 0.385. The second kappa shape index (κ2) is 4.40. The number of hydrogen-bond donors (Lipinski definition) is 1. The Hall–Kier alpha value is -0.510. The molecular formula is C13H15NS2. The Morgan fingerprint density at radius 2 is 2.25 bits per heavy atom. The van der Waals surface area contributed by atoms with E-state index in [1.807, 2.05) is 23.1 Å². The molecule has 0 radical (unpaired) electrons. The number of benzene rings is 1. The third-order valence-electron chi connectivity index (χ3n) is 3.23. The van der Waals surface area contributed by atoms with Crippen molar-refractivity contribution in [2.24, 2.45) is 5.73 Å². The highest BCUT2D eigenvalue weighted by atomic mass is 32.2. The van der Waals surface area contributed by atoms with Crippen molar-refractivity contribution in [2.45, 2.75) is 24.1 Å². The van der Waals surface area contributed by atoms with Crippen LogP contribution in [0.4, 0.5) is 0 Å². The number of thiophene rings is 1. The predicted molar refractivity (Wildman–Crippen MR) is 74.2 cm³/mol. The lowest BCUT2D eigenvalue weighted by molar-refractivity contribution is 0.650. The maximum absolute atomic E-state index is 6.41. The summed E-state index contributed by atoms with van der Waals surface area (Å²) in [5.74, 6) is 1.28. The Bertz CT molecular complexity index is 485. The zero-order chi connectivity index (χ0) is 11.0. The molecule has 1 saturated heterocycles. The molecule has 0 spiro atoms. The molecule has 0 aliphatic carbocycles. The lowest BCUT2D eigenvalue weighted by atomic mass is 10.0. The van der Waals surface area contributed by atoms with Crippen molar-refractivity contribution >= 4 is 33.2 Å². The molecule has 1 aliphatic rings. The van der Waals surface area contributed by atoms with Gasteiger partial charge in [0.15, 0.2) is 0 Å². The van der Waals surface area contributed by atoms with E-state index in [0.29, 0.717) is 5.25 Å². The van der Waals surface area contributed by atoms with E-state index in [2.05, 4.69) is 29.6 Å². The van der Waals surface area contributed by atoms with Crippen molar-refractivity contribution in [2.75, 3.05) is 5.75 Å². The number of fused-ring (bicyclic) bond motifs is 1. The molecule has 16 heavy (non-hydrogen) atoms. The standard InChI is InChI=1S/C13H15NS2/c14-12(11-5-2-7-15-11)10-4-1-3-9-6-8-16-13(9)10/h1,3-4,6,8,11-12H,2,5,7,14H2. The van der Waals surface area contributed by atoms with Crippen LogP contribution in [0.25, 0.3) is 10.1 Å². The third-order valence-corrected chi connectivity index (χ3v) is 5.69. The van der Waals surface area contributed by atoms with Gasteiger partial charge in [0.25, 0.3) is 0 Å². The quantitative estimate of drug-likeness (QED) is 0.876. The van der Waals surface area contributed by atoms with Crippen molar-refractivity contribution in [3.63, 3.8) is 0 Å². The van der Waals surface area contributed by atoms with E-state index in [-0.39, 0.29) is 6.04 Å². The molecule has 1 nitrogen and oxygen atoms in total. The molecule has 2 heterocycles. The van der Waals surface area contributed by atoms with Crippen LogP contribution in [-0.4, -0.2) is 11.0 Å². The highest BCUT2D eigenvalue weighted by Gasteiger charge is 2.25. The maximum Gasteiger partial charge on any atom is 0.0429 e. The molecule has 84 valence electrons. The zero-order valence-electron chi connectivity index (χ0n) is 9.06. The Balaban J connectivity index is 2.00. The monoisotopic (exact) mass is 249 g/mol. The van der Waals surface area contributed by atoms with Gasteiger partial charge in [0.05, 0.1) is 0 Å². The smallest absolute Gasteiger partial charge is 0.0429 e. The molecule has 2 aromatic rings. The lowest BCUT2D eigenvalue weighted by Gasteiger charge is -2.19. The Kier molecular flexibility index (Phi) is 2.92. The molecule has 0 saturated carbocycles. The number of hydrogen-bond acceptors (Lipinski definition) is 3. The van der Waals surface area contributed by atoms with Crippen LogP contribution in [-0.2, 0) is 0 Å². The van der Waals surface area contributed by atoms with Crippen molar-refractivity contribution in [3.8, 4) is 0 Å². The van der Waals surface area contributed by atoms with Gasteiger partial charge in [0.1, 0.15) is 0 Å². The SMILES string of the molecule is NC(c1cccc2ccsc12)C1CCCS1. The van der Waals surface area contributed by atoms with E-state index in [1.165, 1.54) is 34.2 Å². The van der Waals surface area contributed by atoms with Crippen LogP contribution in [0.1, 0.15) is 24.4 Å². The number of rotatable bonds is 2. The summed E-state index contributed by atoms with van der Waals surface area (Å²) < 4.78 is 1.38. The molecule has 1 aromatic carbocycles. The summed E-state index contributed by atoms with van der Waals surface area (Å²) in [5.41, 5.74) is 7.75. The van der Waals surface area contributed by atoms with Gasteiger partial charge in [-0.3, -0.25) is 0 Å². The molecule has 0 bridgehead atoms. The second-order valence-electron chi connectivity index (χ2n) is 4.26. The summed E-state index contributed by atoms with van der Waals surface area (Å²) in [6, 6.07) is 8.88. The fourth-order valence-corrected chi connectivity index (χ4v) is 4.65. The van der Waals surface area contributed by atoms with Crippen LogP contribution in [0.3, 0.4) is 0 Å². The first kappa shape index (κ1) is 10.6. The average Bonchev–Trinajstić information content (AvgIpc) is 2.98. The normalized spacial score (nSPS) is 22.7. The number of thioether (sulfide) groups is 1. The van der Waals surface area contributed by atoms with Crippen molar-refractivity contribution in [1.82, 2.24) is 0 Å². The molecule has 3 rings (SSSR count). The average molecular weight is 249 g/mol. The minimum Gasteiger partial charge on any atom is -0.323 e. The third kappa shape index (κ3) is 1.77. The van der Waals surface area contributed by atoms with Gasteiger partial charge in [-0.1, -0.05) is 18.2 Å². The van der Waals surface area contributed by atoms with Crippen molar-refractivity contribution in [1.29, 1.82) is 0 Å². The van der Waals surface area contributed by atoms with E-state index in [0.717, 1.165) is 0 Å². The molecule has 2 atom stereocenters. The van der Waals surface area contributed by atoms with Crippen LogP contribution in [0, 0.1) is 0 Å². The van der Waals surface area contributed by atoms with Gasteiger partial charge < -0.3 is 5.73 Å². The first-order valence-corrected chi connectivity index (χ1v) is 7.62. The van der Waals surface area contributed by atoms with Crippen LogP contribution in [0.5, 0.6) is 0 Å². The molecule has 3 heteroatoms. The van der Waals surface area contributed by atoms with Gasteiger partial charge >= 0.3 is 0 Å². The van der Waals surface area contributed by atoms with Crippen molar-refractivity contribution < 1.29 is 0 Å². The van der Waals surface area contributed by atoms with Crippen LogP contribution < -0.4 is 5.73 Å². The van der Waals surface area contributed by atoms with E-state index < -0.39 is 0 Å². The van der Waals surface area contributed by atoms with Gasteiger partial charge in [-0.15, -0.1) is 11.3 Å².